The number of rotatable bonds is 2. The molecule has 7 nitrogen and oxygen atoms in total. The van der Waals surface area contributed by atoms with Crippen LogP contribution in [0.15, 0.2) is 24.3 Å². The summed E-state index contributed by atoms with van der Waals surface area (Å²) < 4.78 is 0. The number of nitrogens with zero attached hydrogens (tertiary/aromatic N) is 5. The summed E-state index contributed by atoms with van der Waals surface area (Å²) in [5.41, 5.74) is 3.64. The van der Waals surface area contributed by atoms with E-state index in [1.54, 1.807) is 28.2 Å². The van der Waals surface area contributed by atoms with Gasteiger partial charge >= 0.3 is 0 Å². The van der Waals surface area contributed by atoms with E-state index in [1.807, 2.05) is 26.8 Å². The van der Waals surface area contributed by atoms with Gasteiger partial charge in [-0.05, 0) is 44.5 Å². The van der Waals surface area contributed by atoms with Crippen LogP contribution < -0.4 is 5.06 Å². The third-order valence-electron chi connectivity index (χ3n) is 4.26. The quantitative estimate of drug-likeness (QED) is 0.825. The lowest BCUT2D eigenvalue weighted by molar-refractivity contribution is 0.0728. The van der Waals surface area contributed by atoms with Gasteiger partial charge in [0.25, 0.3) is 5.91 Å². The van der Waals surface area contributed by atoms with Gasteiger partial charge in [0.15, 0.2) is 0 Å². The van der Waals surface area contributed by atoms with Gasteiger partial charge in [-0.15, -0.1) is 0 Å². The molecule has 0 aliphatic carbocycles. The summed E-state index contributed by atoms with van der Waals surface area (Å²) in [5, 5.41) is 10.7. The van der Waals surface area contributed by atoms with Gasteiger partial charge in [0.1, 0.15) is 0 Å². The van der Waals surface area contributed by atoms with E-state index in [1.165, 1.54) is 0 Å². The molecular formula is C19H21N5O2. The van der Waals surface area contributed by atoms with Gasteiger partial charge in [0.2, 0.25) is 5.95 Å². The van der Waals surface area contributed by atoms with Crippen molar-refractivity contribution < 1.29 is 9.63 Å². The van der Waals surface area contributed by atoms with Crippen LogP contribution in [0.25, 0.3) is 0 Å². The van der Waals surface area contributed by atoms with E-state index in [2.05, 4.69) is 16.0 Å². The van der Waals surface area contributed by atoms with E-state index in [-0.39, 0.29) is 5.91 Å². The second kappa shape index (κ2) is 7.50. The molecule has 1 aromatic carbocycles. The Morgan fingerprint density at radius 3 is 2.54 bits per heavy atom. The first kappa shape index (κ1) is 17.8. The van der Waals surface area contributed by atoms with Gasteiger partial charge in [0.05, 0.1) is 24.8 Å². The first-order valence-corrected chi connectivity index (χ1v) is 8.50. The van der Waals surface area contributed by atoms with Crippen LogP contribution in [0.4, 0.5) is 5.95 Å². The molecule has 1 fully saturated rings. The molecular weight excluding hydrogens is 330 g/mol. The van der Waals surface area contributed by atoms with E-state index in [0.29, 0.717) is 43.3 Å². The minimum Gasteiger partial charge on any atom is -0.334 e. The normalized spacial score (nSPS) is 14.7. The zero-order valence-electron chi connectivity index (χ0n) is 15.2. The highest BCUT2D eigenvalue weighted by atomic mass is 16.7. The molecule has 1 saturated heterocycles. The van der Waals surface area contributed by atoms with Gasteiger partial charge in [-0.25, -0.2) is 15.0 Å². The number of hydrogen-bond acceptors (Lipinski definition) is 6. The Hall–Kier alpha value is -2.98. The average molecular weight is 351 g/mol. The van der Waals surface area contributed by atoms with Crippen LogP contribution in [-0.2, 0) is 4.84 Å². The third kappa shape index (κ3) is 3.81. The first-order valence-electron chi connectivity index (χ1n) is 8.50. The minimum absolute atomic E-state index is 0.0913. The Labute approximate surface area is 152 Å². The SMILES string of the molecule is Cc1cc(C)nc(N2CCN(C(=O)c3cc(C#N)ccc3C)CCO2)n1. The van der Waals surface area contributed by atoms with Crippen LogP contribution in [-0.4, -0.2) is 47.0 Å². The summed E-state index contributed by atoms with van der Waals surface area (Å²) in [6.45, 7) is 7.50. The Morgan fingerprint density at radius 2 is 1.85 bits per heavy atom. The van der Waals surface area contributed by atoms with Crippen LogP contribution >= 0.6 is 0 Å². The van der Waals surface area contributed by atoms with Crippen molar-refractivity contribution in [3.63, 3.8) is 0 Å². The molecule has 0 atom stereocenters. The molecule has 1 aromatic heterocycles. The van der Waals surface area contributed by atoms with Crippen molar-refractivity contribution in [3.8, 4) is 6.07 Å². The lowest BCUT2D eigenvalue weighted by atomic mass is 10.0. The fourth-order valence-corrected chi connectivity index (χ4v) is 2.92. The molecule has 134 valence electrons. The minimum atomic E-state index is -0.0913. The molecule has 0 bridgehead atoms. The number of hydroxylamine groups is 1. The molecule has 0 N–H and O–H groups in total. The highest BCUT2D eigenvalue weighted by Gasteiger charge is 2.23. The van der Waals surface area contributed by atoms with Gasteiger partial charge in [0, 0.05) is 30.0 Å². The van der Waals surface area contributed by atoms with E-state index >= 15 is 0 Å². The molecule has 7 heteroatoms. The summed E-state index contributed by atoms with van der Waals surface area (Å²) in [4.78, 5) is 29.2. The molecule has 1 aliphatic heterocycles. The van der Waals surface area contributed by atoms with Crippen molar-refractivity contribution >= 4 is 11.9 Å². The van der Waals surface area contributed by atoms with Crippen LogP contribution in [0.3, 0.4) is 0 Å². The van der Waals surface area contributed by atoms with E-state index < -0.39 is 0 Å². The second-order valence-corrected chi connectivity index (χ2v) is 6.32. The van der Waals surface area contributed by atoms with Crippen LogP contribution in [0.1, 0.15) is 32.9 Å². The monoisotopic (exact) mass is 351 g/mol. The van der Waals surface area contributed by atoms with Gasteiger partial charge in [-0.3, -0.25) is 9.63 Å². The van der Waals surface area contributed by atoms with Gasteiger partial charge in [-0.2, -0.15) is 5.26 Å². The molecule has 0 radical (unpaired) electrons. The Morgan fingerprint density at radius 1 is 1.12 bits per heavy atom. The van der Waals surface area contributed by atoms with E-state index in [4.69, 9.17) is 10.1 Å². The van der Waals surface area contributed by atoms with Crippen molar-refractivity contribution in [1.82, 2.24) is 14.9 Å². The van der Waals surface area contributed by atoms with E-state index in [9.17, 15) is 4.79 Å². The predicted octanol–water partition coefficient (Wildman–Crippen LogP) is 2.17. The summed E-state index contributed by atoms with van der Waals surface area (Å²) >= 11 is 0. The first-order chi connectivity index (χ1) is 12.5. The number of carbonyl (C=O) groups excluding carboxylic acids is 1. The number of aryl methyl sites for hydroxylation is 3. The molecule has 0 saturated carbocycles. The van der Waals surface area contributed by atoms with Crippen LogP contribution in [0, 0.1) is 32.1 Å². The maximum absolute atomic E-state index is 12.9. The van der Waals surface area contributed by atoms with Crippen molar-refractivity contribution in [2.75, 3.05) is 31.3 Å². The molecule has 26 heavy (non-hydrogen) atoms. The highest BCUT2D eigenvalue weighted by molar-refractivity contribution is 5.96. The largest absolute Gasteiger partial charge is 0.334 e. The van der Waals surface area contributed by atoms with Crippen molar-refractivity contribution in [2.45, 2.75) is 20.8 Å². The van der Waals surface area contributed by atoms with Gasteiger partial charge in [-0.1, -0.05) is 6.07 Å². The topological polar surface area (TPSA) is 82.4 Å². The lowest BCUT2D eigenvalue weighted by Crippen LogP contribution is -2.36. The zero-order valence-corrected chi connectivity index (χ0v) is 15.2. The molecule has 2 aromatic rings. The maximum Gasteiger partial charge on any atom is 0.254 e. The number of benzene rings is 1. The second-order valence-electron chi connectivity index (χ2n) is 6.32. The third-order valence-corrected chi connectivity index (χ3v) is 4.26. The summed E-state index contributed by atoms with van der Waals surface area (Å²) in [7, 11) is 0. The molecule has 2 heterocycles. The Balaban J connectivity index is 1.76. The highest BCUT2D eigenvalue weighted by Crippen LogP contribution is 2.17. The summed E-state index contributed by atoms with van der Waals surface area (Å²) in [5.74, 6) is 0.422. The Kier molecular flexibility index (Phi) is 5.14. The van der Waals surface area contributed by atoms with Crippen molar-refractivity contribution in [3.05, 3.63) is 52.3 Å². The number of amides is 1. The maximum atomic E-state index is 12.9. The summed E-state index contributed by atoms with van der Waals surface area (Å²) in [6.07, 6.45) is 0. The van der Waals surface area contributed by atoms with Crippen LogP contribution in [0.2, 0.25) is 0 Å². The molecule has 0 unspecified atom stereocenters. The predicted molar refractivity (Wildman–Crippen MR) is 96.6 cm³/mol. The number of hydrogen-bond donors (Lipinski definition) is 0. The smallest absolute Gasteiger partial charge is 0.254 e. The van der Waals surface area contributed by atoms with Gasteiger partial charge < -0.3 is 4.90 Å². The van der Waals surface area contributed by atoms with Crippen molar-refractivity contribution in [1.29, 1.82) is 5.26 Å². The average Bonchev–Trinajstić information content (AvgIpc) is 2.87. The molecule has 1 aliphatic rings. The number of aromatic nitrogens is 2. The fraction of sp³-hybridized carbons (Fsp3) is 0.368. The molecule has 3 rings (SSSR count). The molecule has 0 spiro atoms. The zero-order chi connectivity index (χ0) is 18.7. The standard InChI is InChI=1S/C19H21N5O2/c1-13-4-5-16(12-20)11-17(13)18(25)23-6-7-24(26-9-8-23)19-21-14(2)10-15(3)22-19/h4-5,10-11H,6-9H2,1-3H3. The van der Waals surface area contributed by atoms with Crippen molar-refractivity contribution in [2.24, 2.45) is 0 Å². The van der Waals surface area contributed by atoms with Crippen LogP contribution in [0.5, 0.6) is 0 Å². The summed E-state index contributed by atoms with van der Waals surface area (Å²) in [6, 6.07) is 9.16. The number of anilines is 1. The molecule has 1 amide bonds. The lowest BCUT2D eigenvalue weighted by Gasteiger charge is -2.21. The number of nitriles is 1. The fourth-order valence-electron chi connectivity index (χ4n) is 2.92. The number of carbonyl (C=O) groups is 1. The van der Waals surface area contributed by atoms with E-state index in [0.717, 1.165) is 17.0 Å². The Bertz CT molecular complexity index is 854.